The van der Waals surface area contributed by atoms with E-state index >= 15 is 0 Å². The fraction of sp³-hybridized carbons (Fsp3) is 0.276. The molecule has 4 nitrogen and oxygen atoms in total. The SMILES string of the molecule is N#Cc1ccc2c(c1)COC2(CCCNCCCc1c[nH]c2ccc(Cl)cc12)c1ccc(F)cc1. The highest BCUT2D eigenvalue weighted by Crippen LogP contribution is 2.45. The number of halogens is 2. The molecule has 4 aromatic rings. The Labute approximate surface area is 209 Å². The molecule has 0 spiro atoms. The summed E-state index contributed by atoms with van der Waals surface area (Å²) in [4.78, 5) is 3.31. The van der Waals surface area contributed by atoms with Crippen molar-refractivity contribution >= 4 is 22.5 Å². The number of nitrogens with one attached hydrogen (secondary N) is 2. The van der Waals surface area contributed by atoms with Crippen molar-refractivity contribution in [2.24, 2.45) is 0 Å². The van der Waals surface area contributed by atoms with Crippen LogP contribution < -0.4 is 5.32 Å². The van der Waals surface area contributed by atoms with Gasteiger partial charge < -0.3 is 15.0 Å². The molecule has 0 radical (unpaired) electrons. The van der Waals surface area contributed by atoms with Crippen LogP contribution in [0.1, 0.15) is 47.1 Å². The summed E-state index contributed by atoms with van der Waals surface area (Å²) in [6, 6.07) is 20.4. The fourth-order valence-corrected chi connectivity index (χ4v) is 5.29. The van der Waals surface area contributed by atoms with Crippen LogP contribution in [-0.2, 0) is 23.4 Å². The molecule has 1 unspecified atom stereocenters. The van der Waals surface area contributed by atoms with Crippen LogP contribution in [0.25, 0.3) is 10.9 Å². The first-order valence-corrected chi connectivity index (χ1v) is 12.4. The molecular formula is C29H27ClFN3O. The van der Waals surface area contributed by atoms with E-state index in [-0.39, 0.29) is 5.82 Å². The minimum Gasteiger partial charge on any atom is -0.361 e. The number of ether oxygens (including phenoxy) is 1. The predicted molar refractivity (Wildman–Crippen MR) is 137 cm³/mol. The van der Waals surface area contributed by atoms with Gasteiger partial charge in [-0.1, -0.05) is 29.8 Å². The zero-order valence-corrected chi connectivity index (χ0v) is 20.2. The number of rotatable bonds is 9. The molecule has 2 N–H and O–H groups in total. The Morgan fingerprint density at radius 1 is 1.06 bits per heavy atom. The van der Waals surface area contributed by atoms with Crippen LogP contribution in [0, 0.1) is 17.1 Å². The minimum atomic E-state index is -0.623. The highest BCUT2D eigenvalue weighted by molar-refractivity contribution is 6.31. The highest BCUT2D eigenvalue weighted by atomic mass is 35.5. The van der Waals surface area contributed by atoms with Gasteiger partial charge in [-0.15, -0.1) is 0 Å². The maximum atomic E-state index is 13.6. The molecule has 2 heterocycles. The lowest BCUT2D eigenvalue weighted by Gasteiger charge is -2.30. The van der Waals surface area contributed by atoms with Gasteiger partial charge in [0.1, 0.15) is 11.4 Å². The zero-order valence-electron chi connectivity index (χ0n) is 19.4. The number of nitriles is 1. The molecule has 5 rings (SSSR count). The van der Waals surface area contributed by atoms with E-state index in [1.807, 2.05) is 48.5 Å². The van der Waals surface area contributed by atoms with E-state index in [0.29, 0.717) is 12.2 Å². The van der Waals surface area contributed by atoms with E-state index in [0.717, 1.165) is 66.0 Å². The van der Waals surface area contributed by atoms with Crippen molar-refractivity contribution in [3.63, 3.8) is 0 Å². The summed E-state index contributed by atoms with van der Waals surface area (Å²) in [5.41, 5.74) is 5.44. The number of nitrogens with zero attached hydrogens (tertiary/aromatic N) is 1. The molecule has 0 aliphatic carbocycles. The zero-order chi connectivity index (χ0) is 24.3. The lowest BCUT2D eigenvalue weighted by Crippen LogP contribution is -2.29. The Morgan fingerprint density at radius 2 is 1.89 bits per heavy atom. The van der Waals surface area contributed by atoms with Gasteiger partial charge in [-0.25, -0.2) is 4.39 Å². The van der Waals surface area contributed by atoms with Crippen molar-refractivity contribution in [3.05, 3.63) is 106 Å². The molecule has 35 heavy (non-hydrogen) atoms. The summed E-state index contributed by atoms with van der Waals surface area (Å²) in [5, 5.41) is 14.8. The van der Waals surface area contributed by atoms with Crippen molar-refractivity contribution in [1.29, 1.82) is 5.26 Å². The highest BCUT2D eigenvalue weighted by Gasteiger charge is 2.41. The number of aromatic nitrogens is 1. The van der Waals surface area contributed by atoms with Gasteiger partial charge in [-0.2, -0.15) is 5.26 Å². The molecule has 1 atom stereocenters. The number of hydrogen-bond acceptors (Lipinski definition) is 3. The molecular weight excluding hydrogens is 461 g/mol. The van der Waals surface area contributed by atoms with E-state index in [1.54, 1.807) is 0 Å². The molecule has 6 heteroatoms. The second-order valence-corrected chi connectivity index (χ2v) is 9.50. The summed E-state index contributed by atoms with van der Waals surface area (Å²) < 4.78 is 20.0. The number of benzene rings is 3. The predicted octanol–water partition coefficient (Wildman–Crippen LogP) is 6.61. The molecule has 0 fully saturated rings. The molecule has 0 amide bonds. The van der Waals surface area contributed by atoms with Crippen LogP contribution in [0.2, 0.25) is 5.02 Å². The van der Waals surface area contributed by atoms with Crippen LogP contribution in [0.15, 0.2) is 66.9 Å². The number of hydrogen-bond donors (Lipinski definition) is 2. The van der Waals surface area contributed by atoms with Crippen molar-refractivity contribution in [2.45, 2.75) is 37.9 Å². The van der Waals surface area contributed by atoms with Gasteiger partial charge in [0.05, 0.1) is 18.2 Å². The smallest absolute Gasteiger partial charge is 0.123 e. The van der Waals surface area contributed by atoms with Gasteiger partial charge in [-0.05, 0) is 103 Å². The first-order chi connectivity index (χ1) is 17.1. The normalized spacial score (nSPS) is 16.9. The standard InChI is InChI=1S/C29H27ClFN3O/c30-24-7-11-28-26(16-24)21(18-34-28)3-1-13-33-14-2-12-29(23-5-8-25(31)9-6-23)27-10-4-20(17-32)15-22(27)19-35-29/h4-11,15-16,18,33-34H,1-3,12-14,19H2. The van der Waals surface area contributed by atoms with Crippen LogP contribution >= 0.6 is 11.6 Å². The van der Waals surface area contributed by atoms with Gasteiger partial charge in [0.25, 0.3) is 0 Å². The van der Waals surface area contributed by atoms with E-state index in [9.17, 15) is 9.65 Å². The van der Waals surface area contributed by atoms with Gasteiger partial charge in [-0.3, -0.25) is 0 Å². The first kappa shape index (κ1) is 23.6. The lowest BCUT2D eigenvalue weighted by molar-refractivity contribution is -0.0129. The Hall–Kier alpha value is -3.17. The van der Waals surface area contributed by atoms with Crippen LogP contribution in [-0.4, -0.2) is 18.1 Å². The van der Waals surface area contributed by atoms with Gasteiger partial charge in [0.2, 0.25) is 0 Å². The largest absolute Gasteiger partial charge is 0.361 e. The van der Waals surface area contributed by atoms with Gasteiger partial charge in [0.15, 0.2) is 0 Å². The third-order valence-corrected chi connectivity index (χ3v) is 7.10. The van der Waals surface area contributed by atoms with E-state index < -0.39 is 5.60 Å². The quantitative estimate of drug-likeness (QED) is 0.261. The van der Waals surface area contributed by atoms with Crippen molar-refractivity contribution < 1.29 is 9.13 Å². The van der Waals surface area contributed by atoms with Gasteiger partial charge >= 0.3 is 0 Å². The Kier molecular flexibility index (Phi) is 6.88. The molecule has 3 aromatic carbocycles. The molecule has 0 bridgehead atoms. The molecule has 0 saturated carbocycles. The lowest BCUT2D eigenvalue weighted by atomic mass is 9.81. The topological polar surface area (TPSA) is 60.8 Å². The fourth-order valence-electron chi connectivity index (χ4n) is 5.11. The van der Waals surface area contributed by atoms with Gasteiger partial charge in [0, 0.05) is 22.1 Å². The maximum absolute atomic E-state index is 13.6. The number of H-pyrrole nitrogens is 1. The average molecular weight is 488 g/mol. The third-order valence-electron chi connectivity index (χ3n) is 6.87. The second kappa shape index (κ2) is 10.2. The summed E-state index contributed by atoms with van der Waals surface area (Å²) in [5.74, 6) is -0.263. The van der Waals surface area contributed by atoms with E-state index in [4.69, 9.17) is 16.3 Å². The molecule has 1 aromatic heterocycles. The summed E-state index contributed by atoms with van der Waals surface area (Å²) in [6.07, 6.45) is 5.74. The van der Waals surface area contributed by atoms with Crippen molar-refractivity contribution in [2.75, 3.05) is 13.1 Å². The summed E-state index contributed by atoms with van der Waals surface area (Å²) >= 11 is 6.16. The van der Waals surface area contributed by atoms with Crippen LogP contribution in [0.5, 0.6) is 0 Å². The Morgan fingerprint density at radius 3 is 2.71 bits per heavy atom. The van der Waals surface area contributed by atoms with E-state index in [1.165, 1.54) is 23.1 Å². The molecule has 0 saturated heterocycles. The number of fused-ring (bicyclic) bond motifs is 2. The molecule has 1 aliphatic heterocycles. The Bertz CT molecular complexity index is 1380. The second-order valence-electron chi connectivity index (χ2n) is 9.07. The number of aryl methyl sites for hydroxylation is 1. The molecule has 178 valence electrons. The van der Waals surface area contributed by atoms with Crippen LogP contribution in [0.4, 0.5) is 4.39 Å². The summed E-state index contributed by atoms with van der Waals surface area (Å²) in [7, 11) is 0. The van der Waals surface area contributed by atoms with Crippen molar-refractivity contribution in [1.82, 2.24) is 10.3 Å². The average Bonchev–Trinajstić information content (AvgIpc) is 3.45. The van der Waals surface area contributed by atoms with Crippen LogP contribution in [0.3, 0.4) is 0 Å². The molecule has 1 aliphatic rings. The number of aromatic amines is 1. The monoisotopic (exact) mass is 487 g/mol. The minimum absolute atomic E-state index is 0.263. The van der Waals surface area contributed by atoms with E-state index in [2.05, 4.69) is 22.6 Å². The summed E-state index contributed by atoms with van der Waals surface area (Å²) in [6.45, 7) is 2.22. The maximum Gasteiger partial charge on any atom is 0.123 e. The third kappa shape index (κ3) is 4.83. The Balaban J connectivity index is 1.19. The van der Waals surface area contributed by atoms with Crippen molar-refractivity contribution in [3.8, 4) is 6.07 Å². The first-order valence-electron chi connectivity index (χ1n) is 12.0.